The van der Waals surface area contributed by atoms with E-state index in [9.17, 15) is 4.79 Å². The number of rotatable bonds is 6. The van der Waals surface area contributed by atoms with Crippen molar-refractivity contribution in [1.82, 2.24) is 15.3 Å². The molecule has 5 rings (SSSR count). The van der Waals surface area contributed by atoms with Crippen molar-refractivity contribution in [3.63, 3.8) is 0 Å². The number of amides is 1. The molecule has 35 heavy (non-hydrogen) atoms. The van der Waals surface area contributed by atoms with Crippen molar-refractivity contribution in [3.8, 4) is 5.88 Å². The molecule has 0 saturated carbocycles. The number of aromatic nitrogens is 2. The molecule has 0 spiro atoms. The summed E-state index contributed by atoms with van der Waals surface area (Å²) in [5, 5.41) is 7.34. The number of piperazine rings is 1. The van der Waals surface area contributed by atoms with Gasteiger partial charge in [0.25, 0.3) is 5.91 Å². The van der Waals surface area contributed by atoms with Gasteiger partial charge in [0.2, 0.25) is 11.8 Å². The van der Waals surface area contributed by atoms with Gasteiger partial charge in [-0.2, -0.15) is 4.98 Å². The molecule has 0 aliphatic carbocycles. The molecule has 182 valence electrons. The lowest BCUT2D eigenvalue weighted by Gasteiger charge is -2.35. The molecule has 3 heterocycles. The van der Waals surface area contributed by atoms with Gasteiger partial charge in [-0.3, -0.25) is 9.69 Å². The van der Waals surface area contributed by atoms with Gasteiger partial charge in [-0.1, -0.05) is 29.3 Å². The third kappa shape index (κ3) is 4.99. The Morgan fingerprint density at radius 2 is 1.97 bits per heavy atom. The first-order chi connectivity index (χ1) is 17.0. The summed E-state index contributed by atoms with van der Waals surface area (Å²) >= 11 is 12.5. The summed E-state index contributed by atoms with van der Waals surface area (Å²) in [5.74, 6) is 0.198. The number of nitrogens with zero attached hydrogens (tertiary/aromatic N) is 4. The van der Waals surface area contributed by atoms with E-state index in [1.807, 2.05) is 12.1 Å². The van der Waals surface area contributed by atoms with Crippen molar-refractivity contribution in [1.29, 1.82) is 0 Å². The number of benzene rings is 2. The number of ether oxygens (including phenoxy) is 2. The molecule has 11 heteroatoms. The molecule has 1 amide bonds. The SMILES string of the molecule is COCC1CN(c2ccc(Nc3ncc4c(n3)OCN(c3c(Cl)cccc3Cl)C4=O)cc2)CCN1. The first kappa shape index (κ1) is 23.6. The third-order valence-electron chi connectivity index (χ3n) is 5.88. The number of methoxy groups -OCH3 is 1. The van der Waals surface area contributed by atoms with Gasteiger partial charge in [0, 0.05) is 50.4 Å². The van der Waals surface area contributed by atoms with Crippen molar-refractivity contribution >= 4 is 52.1 Å². The van der Waals surface area contributed by atoms with Crippen molar-refractivity contribution < 1.29 is 14.3 Å². The van der Waals surface area contributed by atoms with E-state index in [2.05, 4.69) is 37.6 Å². The molecule has 1 saturated heterocycles. The average Bonchev–Trinajstić information content (AvgIpc) is 2.86. The zero-order chi connectivity index (χ0) is 24.4. The van der Waals surface area contributed by atoms with Crippen LogP contribution in [-0.4, -0.2) is 62.0 Å². The van der Waals surface area contributed by atoms with Crippen LogP contribution >= 0.6 is 23.2 Å². The van der Waals surface area contributed by atoms with Gasteiger partial charge in [0.1, 0.15) is 5.56 Å². The molecule has 9 nitrogen and oxygen atoms in total. The maximum absolute atomic E-state index is 13.1. The summed E-state index contributed by atoms with van der Waals surface area (Å²) in [4.78, 5) is 25.4. The highest BCUT2D eigenvalue weighted by Crippen LogP contribution is 2.37. The highest BCUT2D eigenvalue weighted by molar-refractivity contribution is 6.40. The molecular formula is C24H24Cl2N6O3. The Morgan fingerprint density at radius 3 is 2.71 bits per heavy atom. The van der Waals surface area contributed by atoms with E-state index >= 15 is 0 Å². The predicted octanol–water partition coefficient (Wildman–Crippen LogP) is 3.95. The van der Waals surface area contributed by atoms with E-state index in [1.165, 1.54) is 11.1 Å². The van der Waals surface area contributed by atoms with Crippen molar-refractivity contribution in [3.05, 3.63) is 64.3 Å². The van der Waals surface area contributed by atoms with E-state index in [1.54, 1.807) is 25.3 Å². The van der Waals surface area contributed by atoms with Crippen LogP contribution in [0.3, 0.4) is 0 Å². The summed E-state index contributed by atoms with van der Waals surface area (Å²) in [6.07, 6.45) is 1.44. The zero-order valence-electron chi connectivity index (χ0n) is 19.0. The van der Waals surface area contributed by atoms with Crippen molar-refractivity contribution in [2.45, 2.75) is 6.04 Å². The van der Waals surface area contributed by atoms with Gasteiger partial charge < -0.3 is 25.0 Å². The van der Waals surface area contributed by atoms with Crippen LogP contribution in [0.25, 0.3) is 0 Å². The Hall–Kier alpha value is -3.11. The van der Waals surface area contributed by atoms with E-state index < -0.39 is 0 Å². The molecular weight excluding hydrogens is 491 g/mol. The van der Waals surface area contributed by atoms with Gasteiger partial charge in [-0.05, 0) is 36.4 Å². The van der Waals surface area contributed by atoms with Crippen LogP contribution in [0.4, 0.5) is 23.0 Å². The van der Waals surface area contributed by atoms with Gasteiger partial charge in [0.05, 0.1) is 22.3 Å². The Morgan fingerprint density at radius 1 is 1.20 bits per heavy atom. The smallest absolute Gasteiger partial charge is 0.268 e. The van der Waals surface area contributed by atoms with Crippen LogP contribution < -0.4 is 25.2 Å². The Kier molecular flexibility index (Phi) is 6.92. The first-order valence-corrected chi connectivity index (χ1v) is 11.9. The molecule has 1 fully saturated rings. The predicted molar refractivity (Wildman–Crippen MR) is 136 cm³/mol. The van der Waals surface area contributed by atoms with E-state index in [-0.39, 0.29) is 24.1 Å². The van der Waals surface area contributed by atoms with Crippen molar-refractivity contribution in [2.75, 3.05) is 55.2 Å². The molecule has 1 atom stereocenters. The molecule has 1 aromatic heterocycles. The largest absolute Gasteiger partial charge is 0.455 e. The average molecular weight is 515 g/mol. The normalized spacial score (nSPS) is 17.7. The van der Waals surface area contributed by atoms with Crippen LogP contribution in [0.15, 0.2) is 48.7 Å². The van der Waals surface area contributed by atoms with Gasteiger partial charge >= 0.3 is 0 Å². The van der Waals surface area contributed by atoms with Gasteiger partial charge in [0.15, 0.2) is 6.73 Å². The van der Waals surface area contributed by atoms with Crippen LogP contribution in [0.5, 0.6) is 5.88 Å². The Labute approximate surface area is 213 Å². The molecule has 0 bridgehead atoms. The summed E-state index contributed by atoms with van der Waals surface area (Å²) in [6, 6.07) is 13.4. The summed E-state index contributed by atoms with van der Waals surface area (Å²) < 4.78 is 11.0. The number of carbonyl (C=O) groups excluding carboxylic acids is 1. The summed E-state index contributed by atoms with van der Waals surface area (Å²) in [5.41, 5.74) is 2.59. The Balaban J connectivity index is 1.28. The van der Waals surface area contributed by atoms with E-state index in [4.69, 9.17) is 32.7 Å². The second-order valence-corrected chi connectivity index (χ2v) is 9.03. The maximum atomic E-state index is 13.1. The zero-order valence-corrected chi connectivity index (χ0v) is 20.5. The Bertz CT molecular complexity index is 1200. The molecule has 2 aliphatic rings. The summed E-state index contributed by atoms with van der Waals surface area (Å²) in [6.45, 7) is 3.35. The van der Waals surface area contributed by atoms with E-state index in [0.29, 0.717) is 34.3 Å². The minimum absolute atomic E-state index is 0.0603. The van der Waals surface area contributed by atoms with E-state index in [0.717, 1.165) is 31.0 Å². The lowest BCUT2D eigenvalue weighted by molar-refractivity contribution is 0.0932. The van der Waals surface area contributed by atoms with Crippen LogP contribution in [0.1, 0.15) is 10.4 Å². The molecule has 1 unspecified atom stereocenters. The molecule has 2 N–H and O–H groups in total. The number of carbonyl (C=O) groups is 1. The third-order valence-corrected chi connectivity index (χ3v) is 6.49. The lowest BCUT2D eigenvalue weighted by atomic mass is 10.2. The number of anilines is 4. The topological polar surface area (TPSA) is 91.9 Å². The van der Waals surface area contributed by atoms with Crippen LogP contribution in [-0.2, 0) is 4.74 Å². The molecule has 2 aliphatic heterocycles. The fraction of sp³-hybridized carbons (Fsp3) is 0.292. The molecule has 3 aromatic rings. The van der Waals surface area contributed by atoms with Gasteiger partial charge in [-0.15, -0.1) is 0 Å². The minimum Gasteiger partial charge on any atom is -0.455 e. The number of fused-ring (bicyclic) bond motifs is 1. The van der Waals surface area contributed by atoms with Crippen LogP contribution in [0, 0.1) is 0 Å². The maximum Gasteiger partial charge on any atom is 0.268 e. The minimum atomic E-state index is -0.333. The number of halogens is 2. The summed E-state index contributed by atoms with van der Waals surface area (Å²) in [7, 11) is 1.72. The highest BCUT2D eigenvalue weighted by atomic mass is 35.5. The van der Waals surface area contributed by atoms with Gasteiger partial charge in [-0.25, -0.2) is 4.98 Å². The quantitative estimate of drug-likeness (QED) is 0.510. The number of hydrogen-bond donors (Lipinski definition) is 2. The first-order valence-electron chi connectivity index (χ1n) is 11.1. The fourth-order valence-corrected chi connectivity index (χ4v) is 4.78. The number of hydrogen-bond acceptors (Lipinski definition) is 8. The number of para-hydroxylation sites is 1. The molecule has 0 radical (unpaired) electrons. The number of nitrogens with one attached hydrogen (secondary N) is 2. The monoisotopic (exact) mass is 514 g/mol. The standard InChI is InChI=1S/C24H24Cl2N6O3/c1-34-13-16-12-31(10-9-27-16)17-7-5-15(6-8-17)29-24-28-11-18-22(30-24)35-14-32(23(18)33)21-19(25)3-2-4-20(21)26/h2-8,11,16,27H,9-10,12-14H2,1H3,(H,28,29,30). The second-order valence-electron chi connectivity index (χ2n) is 8.21. The second kappa shape index (κ2) is 10.2. The molecule has 2 aromatic carbocycles. The van der Waals surface area contributed by atoms with Crippen molar-refractivity contribution in [2.24, 2.45) is 0 Å². The van der Waals surface area contributed by atoms with Crippen LogP contribution in [0.2, 0.25) is 10.0 Å². The lowest BCUT2D eigenvalue weighted by Crippen LogP contribution is -2.52. The fourth-order valence-electron chi connectivity index (χ4n) is 4.18. The highest BCUT2D eigenvalue weighted by Gasteiger charge is 2.31.